The molecule has 0 aromatic heterocycles. The minimum absolute atomic E-state index is 0.0191. The van der Waals surface area contributed by atoms with Crippen molar-refractivity contribution in [1.29, 1.82) is 0 Å². The second kappa shape index (κ2) is 6.85. The zero-order chi connectivity index (χ0) is 17.1. The van der Waals surface area contributed by atoms with Crippen LogP contribution in [-0.2, 0) is 15.5 Å². The number of benzene rings is 2. The lowest BCUT2D eigenvalue weighted by Crippen LogP contribution is -2.20. The summed E-state index contributed by atoms with van der Waals surface area (Å²) in [5, 5.41) is 0. The Morgan fingerprint density at radius 1 is 1.00 bits per heavy atom. The zero-order valence-corrected chi connectivity index (χ0v) is 14.6. The maximum Gasteiger partial charge on any atom is 0.124 e. The highest BCUT2D eigenvalue weighted by molar-refractivity contribution is 7.85. The predicted octanol–water partition coefficient (Wildman–Crippen LogP) is 4.45. The van der Waals surface area contributed by atoms with Crippen molar-refractivity contribution in [3.05, 3.63) is 65.7 Å². The van der Waals surface area contributed by atoms with Crippen LogP contribution in [0.3, 0.4) is 0 Å². The molecule has 0 amide bonds. The fraction of sp³-hybridized carbons (Fsp3) is 0.368. The van der Waals surface area contributed by atoms with E-state index in [4.69, 9.17) is 0 Å². The molecular weight excluding hydrogens is 308 g/mol. The molecule has 0 saturated heterocycles. The standard InChI is InChI=1S/C19H24O3S/c1-4-15(14-19(2,3)17-8-6-5-7-9-17)16-10-12-18(13-11-16)23(20,21)22/h5-13,15H,4,14H2,1-3H3,(H,20,21,22)/p-1. The molecule has 0 aliphatic rings. The van der Waals surface area contributed by atoms with Crippen LogP contribution in [0.15, 0.2) is 59.5 Å². The molecule has 4 heteroatoms. The normalized spacial score (nSPS) is 13.7. The minimum Gasteiger partial charge on any atom is -0.744 e. The highest BCUT2D eigenvalue weighted by Gasteiger charge is 2.25. The zero-order valence-electron chi connectivity index (χ0n) is 13.8. The first-order chi connectivity index (χ1) is 10.7. The Kier molecular flexibility index (Phi) is 5.27. The van der Waals surface area contributed by atoms with Gasteiger partial charge in [-0.05, 0) is 47.4 Å². The Morgan fingerprint density at radius 3 is 2.04 bits per heavy atom. The first-order valence-electron chi connectivity index (χ1n) is 7.85. The SMILES string of the molecule is CCC(CC(C)(C)c1ccccc1)c1ccc(S(=O)(=O)[O-])cc1. The molecule has 0 aliphatic carbocycles. The van der Waals surface area contributed by atoms with Gasteiger partial charge >= 0.3 is 0 Å². The molecule has 0 N–H and O–H groups in total. The van der Waals surface area contributed by atoms with E-state index < -0.39 is 10.1 Å². The third-order valence-corrected chi connectivity index (χ3v) is 5.29. The molecule has 0 radical (unpaired) electrons. The van der Waals surface area contributed by atoms with Crippen LogP contribution in [-0.4, -0.2) is 13.0 Å². The van der Waals surface area contributed by atoms with E-state index in [1.165, 1.54) is 17.7 Å². The van der Waals surface area contributed by atoms with Crippen molar-refractivity contribution in [3.63, 3.8) is 0 Å². The van der Waals surface area contributed by atoms with E-state index in [2.05, 4.69) is 32.9 Å². The Labute approximate surface area is 139 Å². The van der Waals surface area contributed by atoms with E-state index in [1.54, 1.807) is 12.1 Å². The average Bonchev–Trinajstić information content (AvgIpc) is 2.53. The lowest BCUT2D eigenvalue weighted by atomic mass is 9.74. The molecule has 2 aromatic rings. The maximum atomic E-state index is 11.0. The molecule has 0 saturated carbocycles. The Hall–Kier alpha value is -1.65. The van der Waals surface area contributed by atoms with Gasteiger partial charge in [0.05, 0.1) is 4.90 Å². The van der Waals surface area contributed by atoms with Gasteiger partial charge in [0.25, 0.3) is 0 Å². The van der Waals surface area contributed by atoms with Crippen molar-refractivity contribution < 1.29 is 13.0 Å². The molecule has 3 nitrogen and oxygen atoms in total. The topological polar surface area (TPSA) is 57.2 Å². The van der Waals surface area contributed by atoms with Gasteiger partial charge in [-0.3, -0.25) is 0 Å². The van der Waals surface area contributed by atoms with Crippen molar-refractivity contribution in [1.82, 2.24) is 0 Å². The third kappa shape index (κ3) is 4.43. The van der Waals surface area contributed by atoms with Crippen LogP contribution in [0.5, 0.6) is 0 Å². The van der Waals surface area contributed by atoms with Crippen LogP contribution in [0.2, 0.25) is 0 Å². The second-order valence-electron chi connectivity index (χ2n) is 6.58. The average molecular weight is 331 g/mol. The van der Waals surface area contributed by atoms with E-state index in [0.717, 1.165) is 18.4 Å². The van der Waals surface area contributed by atoms with Gasteiger partial charge in [0.15, 0.2) is 0 Å². The van der Waals surface area contributed by atoms with Crippen LogP contribution in [0.4, 0.5) is 0 Å². The first kappa shape index (κ1) is 17.7. The van der Waals surface area contributed by atoms with Gasteiger partial charge in [-0.15, -0.1) is 0 Å². The second-order valence-corrected chi connectivity index (χ2v) is 7.96. The van der Waals surface area contributed by atoms with Gasteiger partial charge in [0.2, 0.25) is 0 Å². The summed E-state index contributed by atoms with van der Waals surface area (Å²) in [7, 11) is -4.38. The van der Waals surface area contributed by atoms with Crippen molar-refractivity contribution >= 4 is 10.1 Å². The van der Waals surface area contributed by atoms with Crippen molar-refractivity contribution in [3.8, 4) is 0 Å². The number of rotatable bonds is 6. The number of hydrogen-bond donors (Lipinski definition) is 0. The molecule has 2 rings (SSSR count). The molecule has 23 heavy (non-hydrogen) atoms. The molecule has 2 aromatic carbocycles. The van der Waals surface area contributed by atoms with Gasteiger partial charge in [-0.1, -0.05) is 63.2 Å². The predicted molar refractivity (Wildman–Crippen MR) is 91.5 cm³/mol. The summed E-state index contributed by atoms with van der Waals surface area (Å²) < 4.78 is 33.1. The van der Waals surface area contributed by atoms with Crippen LogP contribution < -0.4 is 0 Å². The van der Waals surface area contributed by atoms with Gasteiger partial charge < -0.3 is 4.55 Å². The Morgan fingerprint density at radius 2 is 1.57 bits per heavy atom. The molecule has 0 heterocycles. The lowest BCUT2D eigenvalue weighted by Gasteiger charge is -2.30. The van der Waals surface area contributed by atoms with Crippen LogP contribution in [0.1, 0.15) is 50.7 Å². The summed E-state index contributed by atoms with van der Waals surface area (Å²) in [4.78, 5) is -0.168. The summed E-state index contributed by atoms with van der Waals surface area (Å²) >= 11 is 0. The van der Waals surface area contributed by atoms with Crippen LogP contribution in [0.25, 0.3) is 0 Å². The Balaban J connectivity index is 2.23. The van der Waals surface area contributed by atoms with Gasteiger partial charge in [-0.2, -0.15) is 0 Å². The lowest BCUT2D eigenvalue weighted by molar-refractivity contribution is 0.417. The quantitative estimate of drug-likeness (QED) is 0.735. The highest BCUT2D eigenvalue weighted by Crippen LogP contribution is 2.36. The summed E-state index contributed by atoms with van der Waals surface area (Å²) in [6, 6.07) is 16.7. The Bertz CT molecular complexity index is 732. The molecular formula is C19H23O3S-. The first-order valence-corrected chi connectivity index (χ1v) is 9.26. The molecule has 1 atom stereocenters. The summed E-state index contributed by atoms with van der Waals surface area (Å²) in [6.45, 7) is 6.58. The molecule has 0 spiro atoms. The third-order valence-electron chi connectivity index (χ3n) is 4.44. The monoisotopic (exact) mass is 331 g/mol. The molecule has 1 unspecified atom stereocenters. The molecule has 0 bridgehead atoms. The fourth-order valence-corrected chi connectivity index (χ4v) is 3.50. The smallest absolute Gasteiger partial charge is 0.124 e. The van der Waals surface area contributed by atoms with E-state index in [-0.39, 0.29) is 10.3 Å². The molecule has 124 valence electrons. The van der Waals surface area contributed by atoms with Gasteiger partial charge in [0.1, 0.15) is 10.1 Å². The van der Waals surface area contributed by atoms with E-state index in [0.29, 0.717) is 5.92 Å². The summed E-state index contributed by atoms with van der Waals surface area (Å²) in [6.07, 6.45) is 1.91. The molecule has 0 fully saturated rings. The summed E-state index contributed by atoms with van der Waals surface area (Å²) in [5.74, 6) is 0.314. The summed E-state index contributed by atoms with van der Waals surface area (Å²) in [5.41, 5.74) is 2.38. The van der Waals surface area contributed by atoms with Crippen LogP contribution in [0, 0.1) is 0 Å². The van der Waals surface area contributed by atoms with Crippen molar-refractivity contribution in [2.45, 2.75) is 49.8 Å². The van der Waals surface area contributed by atoms with E-state index in [9.17, 15) is 13.0 Å². The van der Waals surface area contributed by atoms with E-state index >= 15 is 0 Å². The van der Waals surface area contributed by atoms with Gasteiger partial charge in [0, 0.05) is 0 Å². The van der Waals surface area contributed by atoms with Crippen molar-refractivity contribution in [2.75, 3.05) is 0 Å². The minimum atomic E-state index is -4.38. The fourth-order valence-electron chi connectivity index (χ4n) is 3.03. The molecule has 0 aliphatic heterocycles. The van der Waals surface area contributed by atoms with Crippen LogP contribution >= 0.6 is 0 Å². The van der Waals surface area contributed by atoms with Gasteiger partial charge in [-0.25, -0.2) is 8.42 Å². The van der Waals surface area contributed by atoms with Crippen molar-refractivity contribution in [2.24, 2.45) is 0 Å². The van der Waals surface area contributed by atoms with E-state index in [1.807, 2.05) is 18.2 Å². The number of hydrogen-bond acceptors (Lipinski definition) is 3. The highest BCUT2D eigenvalue weighted by atomic mass is 32.2. The largest absolute Gasteiger partial charge is 0.744 e. The maximum absolute atomic E-state index is 11.0.